The lowest BCUT2D eigenvalue weighted by Gasteiger charge is -2.10. The number of nitrogens with one attached hydrogen (secondary N) is 1. The van der Waals surface area contributed by atoms with Gasteiger partial charge in [0.25, 0.3) is 5.91 Å². The van der Waals surface area contributed by atoms with Crippen LogP contribution >= 0.6 is 15.9 Å². The number of esters is 1. The van der Waals surface area contributed by atoms with Crippen LogP contribution in [0.2, 0.25) is 0 Å². The molecule has 0 aliphatic heterocycles. The van der Waals surface area contributed by atoms with Crippen LogP contribution in [0, 0.1) is 0 Å². The second-order valence-electron chi connectivity index (χ2n) is 2.83. The van der Waals surface area contributed by atoms with Crippen molar-refractivity contribution in [2.24, 2.45) is 0 Å². The van der Waals surface area contributed by atoms with Crippen molar-refractivity contribution < 1.29 is 18.7 Å². The molecule has 82 valence electrons. The Hall–Kier alpha value is -1.30. The van der Waals surface area contributed by atoms with E-state index in [9.17, 15) is 9.59 Å². The maximum atomic E-state index is 11.5. The summed E-state index contributed by atoms with van der Waals surface area (Å²) >= 11 is 3.07. The fourth-order valence-corrected chi connectivity index (χ4v) is 1.39. The van der Waals surface area contributed by atoms with Crippen molar-refractivity contribution in [3.05, 3.63) is 22.6 Å². The molecular formula is C9H10BrNO4. The Kier molecular flexibility index (Phi) is 3.90. The van der Waals surface area contributed by atoms with Crippen LogP contribution in [0.4, 0.5) is 0 Å². The van der Waals surface area contributed by atoms with Crippen molar-refractivity contribution in [2.75, 3.05) is 7.11 Å². The minimum absolute atomic E-state index is 0.331. The van der Waals surface area contributed by atoms with Gasteiger partial charge in [0.05, 0.1) is 18.9 Å². The molecule has 1 unspecified atom stereocenters. The van der Waals surface area contributed by atoms with Gasteiger partial charge in [0.1, 0.15) is 6.04 Å². The molecular weight excluding hydrogens is 266 g/mol. The Morgan fingerprint density at radius 2 is 2.27 bits per heavy atom. The summed E-state index contributed by atoms with van der Waals surface area (Å²) in [6, 6.07) is 0.813. The van der Waals surface area contributed by atoms with Gasteiger partial charge in [-0.1, -0.05) is 0 Å². The minimum atomic E-state index is -0.690. The van der Waals surface area contributed by atoms with Crippen LogP contribution in [-0.2, 0) is 9.53 Å². The summed E-state index contributed by atoms with van der Waals surface area (Å²) < 4.78 is 9.70. The lowest BCUT2D eigenvalue weighted by atomic mass is 10.3. The fourth-order valence-electron chi connectivity index (χ4n) is 0.966. The van der Waals surface area contributed by atoms with Crippen molar-refractivity contribution in [2.45, 2.75) is 13.0 Å². The molecule has 0 bridgehead atoms. The zero-order valence-corrected chi connectivity index (χ0v) is 9.83. The predicted molar refractivity (Wildman–Crippen MR) is 55.4 cm³/mol. The molecule has 1 aromatic rings. The Labute approximate surface area is 94.9 Å². The molecule has 0 spiro atoms. The molecule has 0 aromatic carbocycles. The van der Waals surface area contributed by atoms with Crippen LogP contribution in [0.3, 0.4) is 0 Å². The topological polar surface area (TPSA) is 68.5 Å². The van der Waals surface area contributed by atoms with Gasteiger partial charge in [0.2, 0.25) is 0 Å². The van der Waals surface area contributed by atoms with E-state index in [2.05, 4.69) is 26.0 Å². The SMILES string of the molecule is COC(=O)C(C)NC(=O)c1ccoc1Br. The number of carbonyl (C=O) groups excluding carboxylic acids is 2. The second kappa shape index (κ2) is 4.97. The third-order valence-corrected chi connectivity index (χ3v) is 2.38. The van der Waals surface area contributed by atoms with Crippen molar-refractivity contribution >= 4 is 27.8 Å². The van der Waals surface area contributed by atoms with Crippen LogP contribution < -0.4 is 5.32 Å². The molecule has 1 aromatic heterocycles. The number of ether oxygens (including phenoxy) is 1. The molecule has 6 heteroatoms. The monoisotopic (exact) mass is 275 g/mol. The van der Waals surface area contributed by atoms with Gasteiger partial charge in [-0.2, -0.15) is 0 Å². The normalized spacial score (nSPS) is 11.9. The van der Waals surface area contributed by atoms with Crippen LogP contribution in [0.25, 0.3) is 0 Å². The van der Waals surface area contributed by atoms with E-state index in [4.69, 9.17) is 4.42 Å². The number of halogens is 1. The third-order valence-electron chi connectivity index (χ3n) is 1.76. The molecule has 1 N–H and O–H groups in total. The Morgan fingerprint density at radius 1 is 1.60 bits per heavy atom. The van der Waals surface area contributed by atoms with Gasteiger partial charge in [-0.05, 0) is 28.9 Å². The maximum absolute atomic E-state index is 11.5. The van der Waals surface area contributed by atoms with E-state index >= 15 is 0 Å². The lowest BCUT2D eigenvalue weighted by molar-refractivity contribution is -0.142. The average Bonchev–Trinajstić information content (AvgIpc) is 2.63. The first-order valence-electron chi connectivity index (χ1n) is 4.18. The van der Waals surface area contributed by atoms with Gasteiger partial charge in [-0.25, -0.2) is 4.79 Å². The minimum Gasteiger partial charge on any atom is -0.467 e. The fraction of sp³-hybridized carbons (Fsp3) is 0.333. The van der Waals surface area contributed by atoms with Crippen molar-refractivity contribution in [1.29, 1.82) is 0 Å². The van der Waals surface area contributed by atoms with Gasteiger partial charge in [-0.3, -0.25) is 4.79 Å². The molecule has 1 amide bonds. The molecule has 5 nitrogen and oxygen atoms in total. The summed E-state index contributed by atoms with van der Waals surface area (Å²) in [5, 5.41) is 2.47. The van der Waals surface area contributed by atoms with E-state index in [0.717, 1.165) is 0 Å². The highest BCUT2D eigenvalue weighted by molar-refractivity contribution is 9.10. The molecule has 0 saturated carbocycles. The largest absolute Gasteiger partial charge is 0.467 e. The molecule has 0 aliphatic rings. The van der Waals surface area contributed by atoms with E-state index in [1.54, 1.807) is 0 Å². The second-order valence-corrected chi connectivity index (χ2v) is 3.55. The standard InChI is InChI=1S/C9H10BrNO4/c1-5(9(13)14-2)11-8(12)6-3-4-15-7(6)10/h3-5H,1-2H3,(H,11,12). The summed E-state index contributed by atoms with van der Waals surface area (Å²) in [5.74, 6) is -0.892. The summed E-state index contributed by atoms with van der Waals surface area (Å²) in [6.45, 7) is 1.54. The molecule has 1 rings (SSSR count). The summed E-state index contributed by atoms with van der Waals surface area (Å²) in [4.78, 5) is 22.6. The van der Waals surface area contributed by atoms with Crippen molar-refractivity contribution in [3.8, 4) is 0 Å². The van der Waals surface area contributed by atoms with Crippen LogP contribution in [-0.4, -0.2) is 25.0 Å². The van der Waals surface area contributed by atoms with Gasteiger partial charge in [-0.15, -0.1) is 0 Å². The highest BCUT2D eigenvalue weighted by atomic mass is 79.9. The first kappa shape index (κ1) is 11.8. The lowest BCUT2D eigenvalue weighted by Crippen LogP contribution is -2.39. The molecule has 0 saturated heterocycles. The summed E-state index contributed by atoms with van der Waals surface area (Å²) in [6.07, 6.45) is 1.38. The first-order valence-corrected chi connectivity index (χ1v) is 4.97. The average molecular weight is 276 g/mol. The number of methoxy groups -OCH3 is 1. The number of hydrogen-bond donors (Lipinski definition) is 1. The molecule has 0 aliphatic carbocycles. The molecule has 1 heterocycles. The zero-order valence-electron chi connectivity index (χ0n) is 8.24. The van der Waals surface area contributed by atoms with Crippen LogP contribution in [0.15, 0.2) is 21.4 Å². The van der Waals surface area contributed by atoms with Gasteiger partial charge < -0.3 is 14.5 Å². The van der Waals surface area contributed by atoms with Crippen molar-refractivity contribution in [1.82, 2.24) is 5.32 Å². The maximum Gasteiger partial charge on any atom is 0.328 e. The number of rotatable bonds is 3. The molecule has 0 fully saturated rings. The van der Waals surface area contributed by atoms with Gasteiger partial charge in [0.15, 0.2) is 4.67 Å². The Balaban J connectivity index is 2.64. The molecule has 15 heavy (non-hydrogen) atoms. The number of carbonyl (C=O) groups is 2. The predicted octanol–water partition coefficient (Wildman–Crippen LogP) is 1.33. The Bertz CT molecular complexity index is 374. The zero-order chi connectivity index (χ0) is 11.4. The van der Waals surface area contributed by atoms with E-state index in [1.165, 1.54) is 26.4 Å². The number of amides is 1. The third kappa shape index (κ3) is 2.82. The van der Waals surface area contributed by atoms with Crippen molar-refractivity contribution in [3.63, 3.8) is 0 Å². The summed E-state index contributed by atoms with van der Waals surface area (Å²) in [7, 11) is 1.26. The van der Waals surface area contributed by atoms with Crippen LogP contribution in [0.1, 0.15) is 17.3 Å². The van der Waals surface area contributed by atoms with E-state index in [0.29, 0.717) is 10.2 Å². The quantitative estimate of drug-likeness (QED) is 0.846. The molecule has 1 atom stereocenters. The van der Waals surface area contributed by atoms with Gasteiger partial charge >= 0.3 is 5.97 Å². The van der Waals surface area contributed by atoms with E-state index < -0.39 is 17.9 Å². The number of hydrogen-bond acceptors (Lipinski definition) is 4. The van der Waals surface area contributed by atoms with E-state index in [1.807, 2.05) is 0 Å². The highest BCUT2D eigenvalue weighted by Gasteiger charge is 2.19. The smallest absolute Gasteiger partial charge is 0.328 e. The first-order chi connectivity index (χ1) is 7.06. The highest BCUT2D eigenvalue weighted by Crippen LogP contribution is 2.17. The van der Waals surface area contributed by atoms with Crippen LogP contribution in [0.5, 0.6) is 0 Å². The van der Waals surface area contributed by atoms with E-state index in [-0.39, 0.29) is 0 Å². The molecule has 0 radical (unpaired) electrons. The Morgan fingerprint density at radius 3 is 2.73 bits per heavy atom. The summed E-state index contributed by atoms with van der Waals surface area (Å²) in [5.41, 5.74) is 0.339. The van der Waals surface area contributed by atoms with Gasteiger partial charge in [0, 0.05) is 0 Å². The number of furan rings is 1.